The summed E-state index contributed by atoms with van der Waals surface area (Å²) in [5.41, 5.74) is 2.73. The summed E-state index contributed by atoms with van der Waals surface area (Å²) in [7, 11) is 0. The average Bonchev–Trinajstić information content (AvgIpc) is 3.08. The Morgan fingerprint density at radius 1 is 1.00 bits per heavy atom. The number of ketones is 1. The lowest BCUT2D eigenvalue weighted by molar-refractivity contribution is -0.114. The Morgan fingerprint density at radius 3 is 2.03 bits per heavy atom. The summed E-state index contributed by atoms with van der Waals surface area (Å²) in [6.45, 7) is 14.3. The first-order valence-electron chi connectivity index (χ1n) is 10.9. The molecule has 2 aliphatic rings. The number of rotatable bonds is 3. The van der Waals surface area contributed by atoms with Gasteiger partial charge in [-0.3, -0.25) is 4.79 Å². The normalized spacial score (nSPS) is 20.3. The lowest BCUT2D eigenvalue weighted by Gasteiger charge is -2.31. The van der Waals surface area contributed by atoms with E-state index in [0.29, 0.717) is 32.2 Å². The van der Waals surface area contributed by atoms with Crippen molar-refractivity contribution in [3.05, 3.63) is 72.1 Å². The Morgan fingerprint density at radius 2 is 1.58 bits per heavy atom. The smallest absolute Gasteiger partial charge is 0.186 e. The van der Waals surface area contributed by atoms with Gasteiger partial charge in [-0.15, -0.1) is 21.6 Å². The van der Waals surface area contributed by atoms with E-state index in [1.54, 1.807) is 0 Å². The number of hydrogen-bond acceptors (Lipinski definition) is 4. The minimum absolute atomic E-state index is 0.0669. The first kappa shape index (κ1) is 26.2. The first-order chi connectivity index (χ1) is 15.2. The molecule has 1 aromatic heterocycles. The molecule has 0 fully saturated rings. The highest BCUT2D eigenvalue weighted by Gasteiger charge is 2.35. The quantitative estimate of drug-likeness (QED) is 0.363. The van der Waals surface area contributed by atoms with Gasteiger partial charge >= 0.3 is 0 Å². The Bertz CT molecular complexity index is 1130. The van der Waals surface area contributed by atoms with Gasteiger partial charge in [-0.2, -0.15) is 0 Å². The first-order valence-corrected chi connectivity index (χ1v) is 12.8. The van der Waals surface area contributed by atoms with Crippen molar-refractivity contribution in [1.29, 1.82) is 0 Å². The van der Waals surface area contributed by atoms with Gasteiger partial charge < -0.3 is 0 Å². The Labute approximate surface area is 215 Å². The fraction of sp³-hybridized carbons (Fsp3) is 0.423. The SMILES string of the molecule is CC1C=C(Cl)C(N=NC(=C2C=C(C(C)(C)C)C(=O)C(C(C)(C)C)=C2)c2ccc(Cl)s2)=C(Cl)C1. The summed E-state index contributed by atoms with van der Waals surface area (Å²) < 4.78 is 0.645. The standard InChI is InChI=1S/C26H29Cl3N2OS/c1-14-10-18(27)23(19(28)11-14)31-30-22(20-8-9-21(29)33-20)15-12-16(25(2,3)4)24(32)17(13-15)26(5,6)7/h8-10,12-14H,11H2,1-7H3. The number of Topliss-reactive ketones (excluding diaryl/α,β-unsaturated/α-hetero) is 1. The average molecular weight is 524 g/mol. The minimum atomic E-state index is -0.334. The molecule has 0 aliphatic heterocycles. The highest BCUT2D eigenvalue weighted by molar-refractivity contribution is 7.17. The van der Waals surface area contributed by atoms with E-state index in [1.807, 2.05) is 71.9 Å². The second-order valence-electron chi connectivity index (χ2n) is 10.5. The third-order valence-electron chi connectivity index (χ3n) is 5.45. The van der Waals surface area contributed by atoms with Gasteiger partial charge in [0.2, 0.25) is 0 Å². The number of halogens is 3. The number of thiophene rings is 1. The fourth-order valence-electron chi connectivity index (χ4n) is 3.67. The lowest BCUT2D eigenvalue weighted by Crippen LogP contribution is -2.28. The van der Waals surface area contributed by atoms with E-state index >= 15 is 0 Å². The summed E-state index contributed by atoms with van der Waals surface area (Å²) in [6, 6.07) is 3.74. The molecule has 7 heteroatoms. The van der Waals surface area contributed by atoms with Crippen LogP contribution >= 0.6 is 46.1 Å². The van der Waals surface area contributed by atoms with Crippen molar-refractivity contribution in [1.82, 2.24) is 0 Å². The van der Waals surface area contributed by atoms with Gasteiger partial charge in [0.05, 0.1) is 14.2 Å². The molecule has 1 atom stereocenters. The van der Waals surface area contributed by atoms with Crippen LogP contribution in [0.3, 0.4) is 0 Å². The number of allylic oxidation sites excluding steroid dienone is 8. The Balaban J connectivity index is 2.27. The van der Waals surface area contributed by atoms with Crippen LogP contribution in [0.4, 0.5) is 0 Å². The van der Waals surface area contributed by atoms with Crippen LogP contribution in [0.25, 0.3) is 5.70 Å². The van der Waals surface area contributed by atoms with Crippen molar-refractivity contribution < 1.29 is 4.79 Å². The van der Waals surface area contributed by atoms with Gasteiger partial charge in [0.1, 0.15) is 11.4 Å². The molecule has 0 radical (unpaired) electrons. The van der Waals surface area contributed by atoms with E-state index in [0.717, 1.165) is 21.6 Å². The second kappa shape index (κ2) is 9.65. The lowest BCUT2D eigenvalue weighted by atomic mass is 9.71. The van der Waals surface area contributed by atoms with E-state index in [4.69, 9.17) is 34.8 Å². The van der Waals surface area contributed by atoms with Gasteiger partial charge in [-0.05, 0) is 47.5 Å². The predicted octanol–water partition coefficient (Wildman–Crippen LogP) is 9.71. The molecule has 0 N–H and O–H groups in total. The summed E-state index contributed by atoms with van der Waals surface area (Å²) in [4.78, 5) is 14.2. The molecule has 0 spiro atoms. The van der Waals surface area contributed by atoms with Crippen LogP contribution in [0.2, 0.25) is 4.34 Å². The van der Waals surface area contributed by atoms with Gasteiger partial charge in [0.25, 0.3) is 0 Å². The molecule has 33 heavy (non-hydrogen) atoms. The van der Waals surface area contributed by atoms with E-state index in [-0.39, 0.29) is 22.5 Å². The molecule has 1 heterocycles. The molecule has 0 amide bonds. The largest absolute Gasteiger partial charge is 0.289 e. The summed E-state index contributed by atoms with van der Waals surface area (Å²) in [5.74, 6) is 0.314. The zero-order chi connectivity index (χ0) is 24.7. The molecule has 0 bridgehead atoms. The maximum Gasteiger partial charge on any atom is 0.186 e. The molecule has 1 unspecified atom stereocenters. The van der Waals surface area contributed by atoms with Crippen LogP contribution in [0, 0.1) is 16.7 Å². The third kappa shape index (κ3) is 5.97. The predicted molar refractivity (Wildman–Crippen MR) is 142 cm³/mol. The molecule has 0 saturated carbocycles. The van der Waals surface area contributed by atoms with Crippen LogP contribution in [0.15, 0.2) is 73.1 Å². The van der Waals surface area contributed by atoms with E-state index in [2.05, 4.69) is 17.2 Å². The van der Waals surface area contributed by atoms with Crippen LogP contribution < -0.4 is 0 Å². The summed E-state index contributed by atoms with van der Waals surface area (Å²) >= 11 is 20.6. The van der Waals surface area contributed by atoms with E-state index < -0.39 is 0 Å². The molecular formula is C26H29Cl3N2OS. The van der Waals surface area contributed by atoms with Crippen molar-refractivity contribution >= 4 is 57.6 Å². The number of azo groups is 1. The highest BCUT2D eigenvalue weighted by Crippen LogP contribution is 2.42. The maximum absolute atomic E-state index is 13.4. The molecule has 1 aromatic rings. The van der Waals surface area contributed by atoms with Gasteiger partial charge in [-0.25, -0.2) is 0 Å². The monoisotopic (exact) mass is 522 g/mol. The van der Waals surface area contributed by atoms with Crippen LogP contribution in [-0.2, 0) is 4.79 Å². The fourth-order valence-corrected chi connectivity index (χ4v) is 5.52. The third-order valence-corrected chi connectivity index (χ3v) is 7.33. The number of carbonyl (C=O) groups is 1. The van der Waals surface area contributed by atoms with Crippen LogP contribution in [0.1, 0.15) is 59.8 Å². The molecule has 2 aliphatic carbocycles. The number of carbonyl (C=O) groups excluding carboxylic acids is 1. The number of nitrogens with zero attached hydrogens (tertiary/aromatic N) is 2. The molecule has 3 nitrogen and oxygen atoms in total. The van der Waals surface area contributed by atoms with Crippen molar-refractivity contribution in [2.45, 2.75) is 54.9 Å². The van der Waals surface area contributed by atoms with Gasteiger partial charge in [-0.1, -0.05) is 89.3 Å². The molecule has 0 aromatic carbocycles. The highest BCUT2D eigenvalue weighted by atomic mass is 35.5. The Kier molecular flexibility index (Phi) is 7.65. The second-order valence-corrected chi connectivity index (χ2v) is 13.1. The van der Waals surface area contributed by atoms with Gasteiger partial charge in [0.15, 0.2) is 5.78 Å². The molecule has 0 saturated heterocycles. The zero-order valence-corrected chi connectivity index (χ0v) is 23.1. The molecular weight excluding hydrogens is 495 g/mol. The van der Waals surface area contributed by atoms with Crippen LogP contribution in [0.5, 0.6) is 0 Å². The molecule has 176 valence electrons. The van der Waals surface area contributed by atoms with E-state index in [1.165, 1.54) is 11.3 Å². The van der Waals surface area contributed by atoms with Gasteiger partial charge in [0, 0.05) is 21.8 Å². The van der Waals surface area contributed by atoms with Crippen LogP contribution in [-0.4, -0.2) is 5.78 Å². The van der Waals surface area contributed by atoms with Crippen molar-refractivity contribution in [3.63, 3.8) is 0 Å². The van der Waals surface area contributed by atoms with Crippen molar-refractivity contribution in [2.24, 2.45) is 27.0 Å². The van der Waals surface area contributed by atoms with E-state index in [9.17, 15) is 4.79 Å². The topological polar surface area (TPSA) is 41.8 Å². The Hall–Kier alpha value is -1.46. The summed E-state index contributed by atoms with van der Waals surface area (Å²) in [5, 5.41) is 10.2. The minimum Gasteiger partial charge on any atom is -0.289 e. The summed E-state index contributed by atoms with van der Waals surface area (Å²) in [6.07, 6.45) is 6.45. The van der Waals surface area contributed by atoms with Crippen molar-refractivity contribution in [3.8, 4) is 0 Å². The zero-order valence-electron chi connectivity index (χ0n) is 20.0. The van der Waals surface area contributed by atoms with Crippen molar-refractivity contribution in [2.75, 3.05) is 0 Å². The number of hydrogen-bond donors (Lipinski definition) is 0. The maximum atomic E-state index is 13.4. The molecule has 3 rings (SSSR count).